The number of halogens is 1. The topological polar surface area (TPSA) is 103 Å². The minimum Gasteiger partial charge on any atom is -0.464 e. The lowest BCUT2D eigenvalue weighted by Crippen LogP contribution is -2.25. The fourth-order valence-electron chi connectivity index (χ4n) is 1.16. The normalized spacial score (nSPS) is 11.9. The fourth-order valence-corrected chi connectivity index (χ4v) is 1.32. The van der Waals surface area contributed by atoms with E-state index in [-0.39, 0.29) is 29.7 Å². The number of nitrogens with one attached hydrogen (secondary N) is 1. The Hall–Kier alpha value is -1.63. The average Bonchev–Trinajstić information content (AvgIpc) is 2.14. The van der Waals surface area contributed by atoms with Gasteiger partial charge in [0.1, 0.15) is 0 Å². The third-order valence-electron chi connectivity index (χ3n) is 1.74. The van der Waals surface area contributed by atoms with Crippen LogP contribution in [-0.2, 0) is 4.79 Å². The molecule has 0 saturated carbocycles. The highest BCUT2D eigenvalue weighted by Crippen LogP contribution is 2.12. The summed E-state index contributed by atoms with van der Waals surface area (Å²) in [5, 5.41) is 2.91. The minimum absolute atomic E-state index is 0.0252. The van der Waals surface area contributed by atoms with Gasteiger partial charge >= 0.3 is 6.01 Å². The highest BCUT2D eigenvalue weighted by atomic mass is 35.5. The zero-order chi connectivity index (χ0) is 12.8. The molecule has 0 aliphatic rings. The molecule has 1 aromatic rings. The van der Waals surface area contributed by atoms with Crippen molar-refractivity contribution in [3.05, 3.63) is 5.28 Å². The van der Waals surface area contributed by atoms with E-state index in [0.29, 0.717) is 6.61 Å². The summed E-state index contributed by atoms with van der Waals surface area (Å²) in [5.74, 6) is -0.155. The SMILES string of the molecule is CCOc1nc(Cl)nc(NC(C)CC(N)=O)n1. The summed E-state index contributed by atoms with van der Waals surface area (Å²) >= 11 is 5.70. The number of ether oxygens (including phenoxy) is 1. The van der Waals surface area contributed by atoms with Crippen LogP contribution in [0.4, 0.5) is 5.95 Å². The molecule has 1 rings (SSSR count). The Morgan fingerprint density at radius 3 is 2.82 bits per heavy atom. The Morgan fingerprint density at radius 1 is 1.53 bits per heavy atom. The molecule has 0 fully saturated rings. The number of nitrogens with zero attached hydrogens (tertiary/aromatic N) is 3. The highest BCUT2D eigenvalue weighted by molar-refractivity contribution is 6.28. The van der Waals surface area contributed by atoms with Crippen LogP contribution in [0.3, 0.4) is 0 Å². The van der Waals surface area contributed by atoms with E-state index in [2.05, 4.69) is 20.3 Å². The van der Waals surface area contributed by atoms with Crippen molar-refractivity contribution in [2.45, 2.75) is 26.3 Å². The largest absolute Gasteiger partial charge is 0.464 e. The zero-order valence-electron chi connectivity index (χ0n) is 9.61. The molecule has 3 N–H and O–H groups in total. The predicted molar refractivity (Wildman–Crippen MR) is 62.9 cm³/mol. The van der Waals surface area contributed by atoms with Gasteiger partial charge in [-0.1, -0.05) is 0 Å². The summed E-state index contributed by atoms with van der Waals surface area (Å²) in [7, 11) is 0. The number of primary amides is 1. The minimum atomic E-state index is -0.407. The van der Waals surface area contributed by atoms with Crippen molar-refractivity contribution in [2.24, 2.45) is 5.73 Å². The Morgan fingerprint density at radius 2 is 2.24 bits per heavy atom. The van der Waals surface area contributed by atoms with Crippen LogP contribution in [0.2, 0.25) is 5.28 Å². The molecule has 7 nitrogen and oxygen atoms in total. The Balaban J connectivity index is 2.72. The molecule has 0 radical (unpaired) electrons. The molecule has 0 aliphatic carbocycles. The van der Waals surface area contributed by atoms with Crippen LogP contribution in [0, 0.1) is 0 Å². The molecule has 0 bridgehead atoms. The average molecular weight is 260 g/mol. The summed E-state index contributed by atoms with van der Waals surface area (Å²) in [6.07, 6.45) is 0.174. The Kier molecular flexibility index (Phi) is 4.89. The number of hydrogen-bond donors (Lipinski definition) is 2. The monoisotopic (exact) mass is 259 g/mol. The maximum Gasteiger partial charge on any atom is 0.322 e. The standard InChI is InChI=1S/C9H14ClN5O2/c1-3-17-9-14-7(10)13-8(15-9)12-5(2)4-6(11)16/h5H,3-4H2,1-2H3,(H2,11,16)(H,12,13,14,15). The fraction of sp³-hybridized carbons (Fsp3) is 0.556. The van der Waals surface area contributed by atoms with Crippen LogP contribution in [0.25, 0.3) is 0 Å². The van der Waals surface area contributed by atoms with Crippen molar-refractivity contribution >= 4 is 23.5 Å². The molecule has 1 aromatic heterocycles. The molecule has 17 heavy (non-hydrogen) atoms. The second kappa shape index (κ2) is 6.19. The van der Waals surface area contributed by atoms with E-state index in [0.717, 1.165) is 0 Å². The number of rotatable bonds is 6. The maximum atomic E-state index is 10.7. The van der Waals surface area contributed by atoms with E-state index in [9.17, 15) is 4.79 Å². The number of amides is 1. The third kappa shape index (κ3) is 4.81. The first-order valence-electron chi connectivity index (χ1n) is 5.10. The van der Waals surface area contributed by atoms with Crippen molar-refractivity contribution in [1.82, 2.24) is 15.0 Å². The van der Waals surface area contributed by atoms with Crippen LogP contribution in [0.15, 0.2) is 0 Å². The predicted octanol–water partition coefficient (Wildman–Crippen LogP) is 0.599. The Bertz CT molecular complexity index is 401. The molecule has 0 saturated heterocycles. The van der Waals surface area contributed by atoms with Gasteiger partial charge in [-0.2, -0.15) is 15.0 Å². The smallest absolute Gasteiger partial charge is 0.322 e. The second-order valence-corrected chi connectivity index (χ2v) is 3.70. The van der Waals surface area contributed by atoms with Crippen LogP contribution >= 0.6 is 11.6 Å². The summed E-state index contributed by atoms with van der Waals surface area (Å²) in [4.78, 5) is 22.3. The molecule has 8 heteroatoms. The maximum absolute atomic E-state index is 10.7. The molecule has 1 atom stereocenters. The zero-order valence-corrected chi connectivity index (χ0v) is 10.4. The van der Waals surface area contributed by atoms with Gasteiger partial charge in [-0.15, -0.1) is 0 Å². The van der Waals surface area contributed by atoms with Gasteiger partial charge in [0, 0.05) is 12.5 Å². The van der Waals surface area contributed by atoms with Crippen LogP contribution in [-0.4, -0.2) is 33.5 Å². The van der Waals surface area contributed by atoms with Gasteiger partial charge in [0.05, 0.1) is 6.61 Å². The van der Waals surface area contributed by atoms with Crippen LogP contribution in [0.5, 0.6) is 6.01 Å². The lowest BCUT2D eigenvalue weighted by Gasteiger charge is -2.12. The van der Waals surface area contributed by atoms with Crippen molar-refractivity contribution in [3.63, 3.8) is 0 Å². The number of anilines is 1. The summed E-state index contributed by atoms with van der Waals surface area (Å²) in [5.41, 5.74) is 5.07. The molecule has 1 heterocycles. The van der Waals surface area contributed by atoms with Crippen LogP contribution in [0.1, 0.15) is 20.3 Å². The first-order chi connectivity index (χ1) is 8.01. The van der Waals surface area contributed by atoms with Gasteiger partial charge in [0.15, 0.2) is 0 Å². The summed E-state index contributed by atoms with van der Waals surface area (Å²) in [6.45, 7) is 4.01. The van der Waals surface area contributed by atoms with Crippen molar-refractivity contribution in [3.8, 4) is 6.01 Å². The molecule has 0 aromatic carbocycles. The molecular weight excluding hydrogens is 246 g/mol. The highest BCUT2D eigenvalue weighted by Gasteiger charge is 2.10. The molecule has 1 unspecified atom stereocenters. The molecule has 0 spiro atoms. The molecular formula is C9H14ClN5O2. The number of carbonyl (C=O) groups is 1. The van der Waals surface area contributed by atoms with Gasteiger partial charge in [-0.25, -0.2) is 0 Å². The van der Waals surface area contributed by atoms with E-state index >= 15 is 0 Å². The first-order valence-corrected chi connectivity index (χ1v) is 5.48. The van der Waals surface area contributed by atoms with E-state index in [1.165, 1.54) is 0 Å². The summed E-state index contributed by atoms with van der Waals surface area (Å²) in [6, 6.07) is -0.0540. The lowest BCUT2D eigenvalue weighted by molar-refractivity contribution is -0.118. The molecule has 94 valence electrons. The van der Waals surface area contributed by atoms with E-state index in [1.54, 1.807) is 13.8 Å². The van der Waals surface area contributed by atoms with Crippen molar-refractivity contribution < 1.29 is 9.53 Å². The molecule has 1 amide bonds. The van der Waals surface area contributed by atoms with Crippen molar-refractivity contribution in [1.29, 1.82) is 0 Å². The van der Waals surface area contributed by atoms with Gasteiger partial charge in [0.2, 0.25) is 17.1 Å². The first kappa shape index (κ1) is 13.4. The van der Waals surface area contributed by atoms with Gasteiger partial charge < -0.3 is 15.8 Å². The van der Waals surface area contributed by atoms with Crippen molar-refractivity contribution in [2.75, 3.05) is 11.9 Å². The number of carbonyl (C=O) groups excluding carboxylic acids is 1. The number of aromatic nitrogens is 3. The lowest BCUT2D eigenvalue weighted by atomic mass is 10.2. The number of hydrogen-bond acceptors (Lipinski definition) is 6. The number of nitrogens with two attached hydrogens (primary N) is 1. The van der Waals surface area contributed by atoms with Gasteiger partial charge in [-0.05, 0) is 25.4 Å². The molecule has 0 aliphatic heterocycles. The van der Waals surface area contributed by atoms with Gasteiger partial charge in [0.25, 0.3) is 0 Å². The van der Waals surface area contributed by atoms with E-state index < -0.39 is 5.91 Å². The Labute approximate surface area is 104 Å². The quantitative estimate of drug-likeness (QED) is 0.775. The van der Waals surface area contributed by atoms with Crippen LogP contribution < -0.4 is 15.8 Å². The third-order valence-corrected chi connectivity index (χ3v) is 1.91. The van der Waals surface area contributed by atoms with E-state index in [4.69, 9.17) is 22.1 Å². The summed E-state index contributed by atoms with van der Waals surface area (Å²) < 4.78 is 5.11. The second-order valence-electron chi connectivity index (χ2n) is 3.36. The van der Waals surface area contributed by atoms with Gasteiger partial charge in [-0.3, -0.25) is 4.79 Å². The van der Waals surface area contributed by atoms with E-state index in [1.807, 2.05) is 0 Å².